The average Bonchev–Trinajstić information content (AvgIpc) is 2.91. The van der Waals surface area contributed by atoms with Gasteiger partial charge in [-0.25, -0.2) is 0 Å². The van der Waals surface area contributed by atoms with E-state index >= 15 is 0 Å². The fraction of sp³-hybridized carbons (Fsp3) is 0.350. The topological polar surface area (TPSA) is 40.5 Å². The van der Waals surface area contributed by atoms with Crippen molar-refractivity contribution in [2.24, 2.45) is 5.92 Å². The van der Waals surface area contributed by atoms with Crippen molar-refractivity contribution in [3.63, 3.8) is 0 Å². The fourth-order valence-corrected chi connectivity index (χ4v) is 3.77. The maximum atomic E-state index is 12.8. The van der Waals surface area contributed by atoms with Crippen LogP contribution in [0.2, 0.25) is 0 Å². The van der Waals surface area contributed by atoms with E-state index in [1.807, 2.05) is 23.1 Å². The molecule has 3 aliphatic carbocycles. The molecule has 0 saturated carbocycles. The molecule has 1 heterocycles. The monoisotopic (exact) mass is 307 g/mol. The van der Waals surface area contributed by atoms with Crippen molar-refractivity contribution in [2.75, 3.05) is 6.54 Å². The molecule has 23 heavy (non-hydrogen) atoms. The first kappa shape index (κ1) is 14.5. The van der Waals surface area contributed by atoms with Crippen molar-refractivity contribution in [1.29, 1.82) is 0 Å². The van der Waals surface area contributed by atoms with Gasteiger partial charge < -0.3 is 10.0 Å². The van der Waals surface area contributed by atoms with E-state index in [1.165, 1.54) is 5.56 Å². The number of hydrogen-bond donors (Lipinski definition) is 1. The molecular weight excluding hydrogens is 286 g/mol. The van der Waals surface area contributed by atoms with Gasteiger partial charge in [0.2, 0.25) is 5.91 Å². The van der Waals surface area contributed by atoms with Gasteiger partial charge >= 0.3 is 0 Å². The maximum absolute atomic E-state index is 12.8. The molecule has 3 unspecified atom stereocenters. The predicted molar refractivity (Wildman–Crippen MR) is 90.0 cm³/mol. The highest BCUT2D eigenvalue weighted by Crippen LogP contribution is 2.38. The van der Waals surface area contributed by atoms with E-state index < -0.39 is 6.10 Å². The zero-order chi connectivity index (χ0) is 15.8. The van der Waals surface area contributed by atoms with Crippen molar-refractivity contribution in [3.8, 4) is 11.1 Å². The molecule has 0 aromatic heterocycles. The van der Waals surface area contributed by atoms with E-state index in [9.17, 15) is 9.90 Å². The lowest BCUT2D eigenvalue weighted by Gasteiger charge is -2.47. The average molecular weight is 307 g/mol. The van der Waals surface area contributed by atoms with Crippen molar-refractivity contribution < 1.29 is 9.90 Å². The lowest BCUT2D eigenvalue weighted by atomic mass is 9.87. The molecule has 1 amide bonds. The number of allylic oxidation sites excluding steroid dienone is 2. The number of nitrogens with zero attached hydrogens (tertiary/aromatic N) is 1. The number of fused-ring (bicyclic) bond motifs is 1. The first-order valence-electron chi connectivity index (χ1n) is 8.36. The summed E-state index contributed by atoms with van der Waals surface area (Å²) in [6.07, 6.45) is 6.51. The molecule has 118 valence electrons. The minimum Gasteiger partial charge on any atom is -0.389 e. The molecule has 0 radical (unpaired) electrons. The van der Waals surface area contributed by atoms with E-state index in [2.05, 4.69) is 36.4 Å². The second kappa shape index (κ2) is 5.82. The van der Waals surface area contributed by atoms with Gasteiger partial charge in [0.05, 0.1) is 12.1 Å². The molecule has 0 spiro atoms. The Hall–Kier alpha value is -2.13. The molecule has 3 nitrogen and oxygen atoms in total. The molecule has 3 heteroatoms. The van der Waals surface area contributed by atoms with Crippen molar-refractivity contribution in [2.45, 2.75) is 31.4 Å². The Morgan fingerprint density at radius 2 is 1.87 bits per heavy atom. The Bertz CT molecular complexity index is 723. The summed E-state index contributed by atoms with van der Waals surface area (Å²) < 4.78 is 0. The number of rotatable bonds is 2. The first-order valence-corrected chi connectivity index (χ1v) is 8.36. The molecule has 0 aromatic carbocycles. The Morgan fingerprint density at radius 1 is 1.09 bits per heavy atom. The first-order chi connectivity index (χ1) is 11.2. The van der Waals surface area contributed by atoms with Gasteiger partial charge in [0.15, 0.2) is 0 Å². The van der Waals surface area contributed by atoms with Crippen LogP contribution in [-0.4, -0.2) is 28.6 Å². The molecule has 4 aliphatic rings. The molecule has 1 N–H and O–H groups in total. The number of carbonyl (C=O) groups excluding carboxylic acids is 1. The standard InChI is InChI=1S/C20H21NO2/c22-18-13-21(20(23)15-6-2-1-3-7-15)19(18)17-11-5-9-14-8-4-10-16(14)12-17/h1-2,4-5,8-12,15,18-19,22H,3,6-7,13H2. The highest BCUT2D eigenvalue weighted by atomic mass is 16.3. The Labute approximate surface area is 136 Å². The molecule has 0 aromatic rings. The molecule has 1 aliphatic heterocycles. The zero-order valence-corrected chi connectivity index (χ0v) is 13.1. The second-order valence-corrected chi connectivity index (χ2v) is 6.59. The van der Waals surface area contributed by atoms with E-state index in [1.54, 1.807) is 0 Å². The lowest BCUT2D eigenvalue weighted by molar-refractivity contribution is -0.156. The van der Waals surface area contributed by atoms with Crippen LogP contribution in [0.15, 0.2) is 54.6 Å². The van der Waals surface area contributed by atoms with Gasteiger partial charge in [0, 0.05) is 12.5 Å². The second-order valence-electron chi connectivity index (χ2n) is 6.59. The third-order valence-electron chi connectivity index (χ3n) is 5.10. The van der Waals surface area contributed by atoms with Crippen LogP contribution in [0, 0.1) is 5.92 Å². The largest absolute Gasteiger partial charge is 0.389 e. The number of carbonyl (C=O) groups is 1. The van der Waals surface area contributed by atoms with Crippen molar-refractivity contribution in [1.82, 2.24) is 4.90 Å². The van der Waals surface area contributed by atoms with Crippen molar-refractivity contribution in [3.05, 3.63) is 60.2 Å². The summed E-state index contributed by atoms with van der Waals surface area (Å²) in [5, 5.41) is 10.3. The van der Waals surface area contributed by atoms with Crippen LogP contribution >= 0.6 is 0 Å². The van der Waals surface area contributed by atoms with Gasteiger partial charge in [0.25, 0.3) is 0 Å². The minimum atomic E-state index is -0.467. The summed E-state index contributed by atoms with van der Waals surface area (Å²) in [6.45, 7) is 0.451. The number of aliphatic hydroxyl groups is 1. The van der Waals surface area contributed by atoms with Crippen LogP contribution in [-0.2, 0) is 4.79 Å². The summed E-state index contributed by atoms with van der Waals surface area (Å²) in [7, 11) is 0. The molecule has 0 bridgehead atoms. The van der Waals surface area contributed by atoms with Gasteiger partial charge in [-0.15, -0.1) is 0 Å². The summed E-state index contributed by atoms with van der Waals surface area (Å²) in [5.41, 5.74) is 3.35. The van der Waals surface area contributed by atoms with E-state index in [0.29, 0.717) is 6.54 Å². The number of amides is 1. The SMILES string of the molecule is O=C(C1CC=CCC1)N1CC(O)C1c1cccc2cccc-2c1. The van der Waals surface area contributed by atoms with Crippen LogP contribution in [0.1, 0.15) is 30.9 Å². The summed E-state index contributed by atoms with van der Waals surface area (Å²) in [6, 6.07) is 14.2. The number of β-amino-alcohol motifs (C(OH)–C–C–N with tert-alkyl or cyclic N) is 1. The quantitative estimate of drug-likeness (QED) is 0.864. The van der Waals surface area contributed by atoms with Crippen LogP contribution in [0.25, 0.3) is 11.1 Å². The Morgan fingerprint density at radius 3 is 2.61 bits per heavy atom. The van der Waals surface area contributed by atoms with Gasteiger partial charge in [-0.2, -0.15) is 0 Å². The van der Waals surface area contributed by atoms with Gasteiger partial charge in [-0.3, -0.25) is 4.79 Å². The van der Waals surface area contributed by atoms with Gasteiger partial charge in [-0.05, 0) is 42.0 Å². The lowest BCUT2D eigenvalue weighted by Crippen LogP contribution is -2.57. The zero-order valence-electron chi connectivity index (χ0n) is 13.1. The smallest absolute Gasteiger partial charge is 0.226 e. The predicted octanol–water partition coefficient (Wildman–Crippen LogP) is 3.39. The summed E-state index contributed by atoms with van der Waals surface area (Å²) in [4.78, 5) is 14.6. The molecule has 4 rings (SSSR count). The highest BCUT2D eigenvalue weighted by molar-refractivity contribution is 5.81. The number of likely N-dealkylation sites (tertiary alicyclic amines) is 1. The molecular formula is C20H21NO2. The van der Waals surface area contributed by atoms with Gasteiger partial charge in [-0.1, -0.05) is 48.6 Å². The van der Waals surface area contributed by atoms with Crippen LogP contribution in [0.3, 0.4) is 0 Å². The maximum Gasteiger partial charge on any atom is 0.226 e. The van der Waals surface area contributed by atoms with E-state index in [-0.39, 0.29) is 17.9 Å². The molecule has 1 saturated heterocycles. The summed E-state index contributed by atoms with van der Waals surface area (Å²) >= 11 is 0. The van der Waals surface area contributed by atoms with E-state index in [4.69, 9.17) is 0 Å². The minimum absolute atomic E-state index is 0.0754. The summed E-state index contributed by atoms with van der Waals surface area (Å²) in [5.74, 6) is 0.265. The van der Waals surface area contributed by atoms with Gasteiger partial charge in [0.1, 0.15) is 0 Å². The normalized spacial score (nSPS) is 27.0. The van der Waals surface area contributed by atoms with Crippen LogP contribution < -0.4 is 0 Å². The number of aliphatic hydroxyl groups excluding tert-OH is 1. The Kier molecular flexibility index (Phi) is 3.66. The number of hydrogen-bond acceptors (Lipinski definition) is 2. The van der Waals surface area contributed by atoms with Crippen molar-refractivity contribution >= 4 is 5.91 Å². The van der Waals surface area contributed by atoms with Crippen LogP contribution in [0.4, 0.5) is 0 Å². The highest BCUT2D eigenvalue weighted by Gasteiger charge is 2.43. The molecule has 3 atom stereocenters. The van der Waals surface area contributed by atoms with E-state index in [0.717, 1.165) is 30.4 Å². The fourth-order valence-electron chi connectivity index (χ4n) is 3.77. The van der Waals surface area contributed by atoms with Crippen LogP contribution in [0.5, 0.6) is 0 Å². The third kappa shape index (κ3) is 2.55. The molecule has 1 fully saturated rings. The Balaban J connectivity index is 1.61. The third-order valence-corrected chi connectivity index (χ3v) is 5.10.